The summed E-state index contributed by atoms with van der Waals surface area (Å²) in [6.45, 7) is 9.81. The lowest BCUT2D eigenvalue weighted by Crippen LogP contribution is -2.48. The van der Waals surface area contributed by atoms with Gasteiger partial charge in [-0.2, -0.15) is 0 Å². The minimum absolute atomic E-state index is 0. The third kappa shape index (κ3) is 7.85. The highest BCUT2D eigenvalue weighted by molar-refractivity contribution is 14.0. The first-order chi connectivity index (χ1) is 10.8. The first-order valence-corrected chi connectivity index (χ1v) is 9.49. The van der Waals surface area contributed by atoms with E-state index in [1.54, 1.807) is 0 Å². The van der Waals surface area contributed by atoms with Crippen molar-refractivity contribution in [3.05, 3.63) is 22.4 Å². The molecule has 6 heteroatoms. The zero-order chi connectivity index (χ0) is 15.6. The fraction of sp³-hybridized carbons (Fsp3) is 0.706. The van der Waals surface area contributed by atoms with Crippen molar-refractivity contribution < 1.29 is 0 Å². The summed E-state index contributed by atoms with van der Waals surface area (Å²) < 4.78 is 0. The van der Waals surface area contributed by atoms with Gasteiger partial charge >= 0.3 is 0 Å². The molecular weight excluding hydrogens is 419 g/mol. The van der Waals surface area contributed by atoms with Gasteiger partial charge in [-0.1, -0.05) is 13.0 Å². The quantitative estimate of drug-likeness (QED) is 0.380. The van der Waals surface area contributed by atoms with E-state index in [0.29, 0.717) is 6.04 Å². The zero-order valence-corrected chi connectivity index (χ0v) is 17.5. The molecule has 0 atom stereocenters. The molecule has 1 aliphatic heterocycles. The van der Waals surface area contributed by atoms with E-state index in [0.717, 1.165) is 25.5 Å². The number of guanidine groups is 1. The van der Waals surface area contributed by atoms with Gasteiger partial charge in [-0.25, -0.2) is 0 Å². The van der Waals surface area contributed by atoms with Crippen LogP contribution in [0.5, 0.6) is 0 Å². The molecule has 4 nitrogen and oxygen atoms in total. The summed E-state index contributed by atoms with van der Waals surface area (Å²) in [5.41, 5.74) is 0. The van der Waals surface area contributed by atoms with Crippen LogP contribution in [0.3, 0.4) is 0 Å². The number of aliphatic imine (C=N–C) groups is 1. The van der Waals surface area contributed by atoms with E-state index < -0.39 is 0 Å². The molecule has 132 valence electrons. The smallest absolute Gasteiger partial charge is 0.191 e. The molecule has 0 amide bonds. The summed E-state index contributed by atoms with van der Waals surface area (Å²) in [7, 11) is 0. The largest absolute Gasteiger partial charge is 0.357 e. The molecule has 1 saturated heterocycles. The molecular formula is C17H31IN4S. The highest BCUT2D eigenvalue weighted by Crippen LogP contribution is 2.11. The number of halogens is 1. The Kier molecular flexibility index (Phi) is 10.9. The van der Waals surface area contributed by atoms with Gasteiger partial charge in [0.25, 0.3) is 0 Å². The number of piperidine rings is 1. The summed E-state index contributed by atoms with van der Waals surface area (Å²) in [5, 5.41) is 9.12. The van der Waals surface area contributed by atoms with Crippen LogP contribution in [-0.4, -0.2) is 49.6 Å². The van der Waals surface area contributed by atoms with Crippen LogP contribution in [0.15, 0.2) is 22.5 Å². The summed E-state index contributed by atoms with van der Waals surface area (Å²) in [6, 6.07) is 4.86. The summed E-state index contributed by atoms with van der Waals surface area (Å²) in [4.78, 5) is 8.70. The van der Waals surface area contributed by atoms with E-state index in [9.17, 15) is 0 Å². The van der Waals surface area contributed by atoms with E-state index in [4.69, 9.17) is 4.99 Å². The lowest BCUT2D eigenvalue weighted by molar-refractivity contribution is 0.206. The van der Waals surface area contributed by atoms with Crippen LogP contribution in [0.1, 0.15) is 38.0 Å². The van der Waals surface area contributed by atoms with E-state index in [2.05, 4.69) is 46.9 Å². The first kappa shape index (κ1) is 20.7. The predicted molar refractivity (Wildman–Crippen MR) is 112 cm³/mol. The maximum absolute atomic E-state index is 4.73. The van der Waals surface area contributed by atoms with Gasteiger partial charge in [0, 0.05) is 43.5 Å². The van der Waals surface area contributed by atoms with E-state index in [1.807, 2.05) is 11.3 Å². The Morgan fingerprint density at radius 3 is 2.74 bits per heavy atom. The number of hydrogen-bond acceptors (Lipinski definition) is 3. The molecule has 0 spiro atoms. The monoisotopic (exact) mass is 450 g/mol. The third-order valence-electron chi connectivity index (χ3n) is 4.02. The Morgan fingerprint density at radius 2 is 2.13 bits per heavy atom. The van der Waals surface area contributed by atoms with Crippen LogP contribution in [0, 0.1) is 0 Å². The Morgan fingerprint density at radius 1 is 1.35 bits per heavy atom. The molecule has 0 radical (unpaired) electrons. The van der Waals surface area contributed by atoms with Crippen molar-refractivity contribution in [2.45, 2.75) is 45.6 Å². The van der Waals surface area contributed by atoms with Crippen LogP contribution in [0.4, 0.5) is 0 Å². The summed E-state index contributed by atoms with van der Waals surface area (Å²) in [6.07, 6.45) is 4.72. The van der Waals surface area contributed by atoms with Gasteiger partial charge in [0.15, 0.2) is 5.96 Å². The Bertz CT molecular complexity index is 428. The minimum atomic E-state index is 0. The van der Waals surface area contributed by atoms with Crippen molar-refractivity contribution in [1.29, 1.82) is 0 Å². The van der Waals surface area contributed by atoms with Crippen molar-refractivity contribution in [2.24, 2.45) is 4.99 Å². The highest BCUT2D eigenvalue weighted by Gasteiger charge is 2.19. The molecule has 0 bridgehead atoms. The molecule has 2 heterocycles. The molecule has 23 heavy (non-hydrogen) atoms. The van der Waals surface area contributed by atoms with E-state index >= 15 is 0 Å². The standard InChI is InChI=1S/C17H30N4S.HI/c1-3-11-21-12-8-15(9-13-21)20-17(18-4-2)19-10-7-16-6-5-14-22-16;/h5-6,14-15H,3-4,7-13H2,1-2H3,(H2,18,19,20);1H. The molecule has 1 fully saturated rings. The molecule has 2 N–H and O–H groups in total. The summed E-state index contributed by atoms with van der Waals surface area (Å²) >= 11 is 1.81. The lowest BCUT2D eigenvalue weighted by atomic mass is 10.1. The van der Waals surface area contributed by atoms with Gasteiger partial charge in [-0.3, -0.25) is 4.99 Å². The van der Waals surface area contributed by atoms with Crippen LogP contribution < -0.4 is 10.6 Å². The molecule has 1 aliphatic rings. The van der Waals surface area contributed by atoms with Crippen molar-refractivity contribution in [3.8, 4) is 0 Å². The molecule has 1 aromatic rings. The van der Waals surface area contributed by atoms with Gasteiger partial charge < -0.3 is 15.5 Å². The van der Waals surface area contributed by atoms with E-state index in [-0.39, 0.29) is 24.0 Å². The van der Waals surface area contributed by atoms with Crippen LogP contribution in [0.2, 0.25) is 0 Å². The number of hydrogen-bond donors (Lipinski definition) is 2. The molecule has 0 aliphatic carbocycles. The molecule has 1 aromatic heterocycles. The first-order valence-electron chi connectivity index (χ1n) is 8.61. The fourth-order valence-electron chi connectivity index (χ4n) is 2.86. The van der Waals surface area contributed by atoms with E-state index in [1.165, 1.54) is 43.8 Å². The highest BCUT2D eigenvalue weighted by atomic mass is 127. The average molecular weight is 450 g/mol. The number of thiophene rings is 1. The Labute approximate surface area is 162 Å². The van der Waals surface area contributed by atoms with Gasteiger partial charge in [-0.15, -0.1) is 35.3 Å². The SMILES string of the molecule is CCCN1CCC(NC(=NCCc2cccs2)NCC)CC1.I. The number of nitrogens with zero attached hydrogens (tertiary/aromatic N) is 2. The number of rotatable bonds is 7. The van der Waals surface area contributed by atoms with Crippen LogP contribution >= 0.6 is 35.3 Å². The van der Waals surface area contributed by atoms with Gasteiger partial charge in [-0.05, 0) is 44.2 Å². The second-order valence-corrected chi connectivity index (χ2v) is 6.88. The van der Waals surface area contributed by atoms with Crippen LogP contribution in [-0.2, 0) is 6.42 Å². The Hall–Kier alpha value is -0.340. The average Bonchev–Trinajstić information content (AvgIpc) is 3.03. The normalized spacial score (nSPS) is 16.9. The predicted octanol–water partition coefficient (Wildman–Crippen LogP) is 3.34. The maximum Gasteiger partial charge on any atom is 0.191 e. The molecule has 0 unspecified atom stereocenters. The van der Waals surface area contributed by atoms with Crippen molar-refractivity contribution in [3.63, 3.8) is 0 Å². The second-order valence-electron chi connectivity index (χ2n) is 5.85. The minimum Gasteiger partial charge on any atom is -0.357 e. The molecule has 0 aromatic carbocycles. The fourth-order valence-corrected chi connectivity index (χ4v) is 3.56. The second kappa shape index (κ2) is 12.1. The maximum atomic E-state index is 4.73. The van der Waals surface area contributed by atoms with Crippen molar-refractivity contribution >= 4 is 41.3 Å². The van der Waals surface area contributed by atoms with Gasteiger partial charge in [0.1, 0.15) is 0 Å². The zero-order valence-electron chi connectivity index (χ0n) is 14.4. The Balaban J connectivity index is 0.00000264. The third-order valence-corrected chi connectivity index (χ3v) is 4.96. The van der Waals surface area contributed by atoms with Gasteiger partial charge in [0.05, 0.1) is 0 Å². The number of nitrogens with one attached hydrogen (secondary N) is 2. The van der Waals surface area contributed by atoms with Crippen molar-refractivity contribution in [1.82, 2.24) is 15.5 Å². The lowest BCUT2D eigenvalue weighted by Gasteiger charge is -2.32. The topological polar surface area (TPSA) is 39.7 Å². The molecule has 2 rings (SSSR count). The van der Waals surface area contributed by atoms with Crippen molar-refractivity contribution in [2.75, 3.05) is 32.7 Å². The number of likely N-dealkylation sites (tertiary alicyclic amines) is 1. The summed E-state index contributed by atoms with van der Waals surface area (Å²) in [5.74, 6) is 0.980. The van der Waals surface area contributed by atoms with Crippen LogP contribution in [0.25, 0.3) is 0 Å². The molecule has 0 saturated carbocycles. The van der Waals surface area contributed by atoms with Gasteiger partial charge in [0.2, 0.25) is 0 Å².